The van der Waals surface area contributed by atoms with Crippen molar-refractivity contribution in [1.82, 2.24) is 0 Å². The Balaban J connectivity index is 2.46. The predicted octanol–water partition coefficient (Wildman–Crippen LogP) is 3.06. The van der Waals surface area contributed by atoms with Gasteiger partial charge in [-0.2, -0.15) is 0 Å². The Kier molecular flexibility index (Phi) is 5.54. The van der Waals surface area contributed by atoms with Crippen LogP contribution in [-0.2, 0) is 9.47 Å². The number of rotatable bonds is 4. The van der Waals surface area contributed by atoms with Gasteiger partial charge < -0.3 is 9.47 Å². The van der Waals surface area contributed by atoms with Crippen LogP contribution in [0.3, 0.4) is 0 Å². The van der Waals surface area contributed by atoms with Crippen LogP contribution >= 0.6 is 15.9 Å². The van der Waals surface area contributed by atoms with E-state index in [1.165, 1.54) is 12.8 Å². The fraction of sp³-hybridized carbons (Fsp3) is 0.818. The minimum atomic E-state index is -0.628. The Morgan fingerprint density at radius 2 is 2.00 bits per heavy atom. The quantitative estimate of drug-likeness (QED) is 0.572. The highest BCUT2D eigenvalue weighted by atomic mass is 79.9. The monoisotopic (exact) mass is 260 g/mol. The molecule has 1 heterocycles. The molecule has 0 aliphatic carbocycles. The van der Waals surface area contributed by atoms with Crippen molar-refractivity contribution in [1.29, 1.82) is 0 Å². The maximum atomic E-state index is 5.63. The van der Waals surface area contributed by atoms with E-state index in [-0.39, 0.29) is 0 Å². The largest absolute Gasteiger partial charge is 0.340 e. The van der Waals surface area contributed by atoms with Gasteiger partial charge in [0, 0.05) is 22.4 Å². The first-order valence-electron chi connectivity index (χ1n) is 5.24. The van der Waals surface area contributed by atoms with Gasteiger partial charge in [0.2, 0.25) is 5.79 Å². The van der Waals surface area contributed by atoms with Gasteiger partial charge in [0.1, 0.15) is 0 Å². The lowest BCUT2D eigenvalue weighted by Gasteiger charge is -2.32. The lowest BCUT2D eigenvalue weighted by atomic mass is 10.1. The lowest BCUT2D eigenvalue weighted by Crippen LogP contribution is -2.39. The van der Waals surface area contributed by atoms with E-state index in [1.807, 2.05) is 0 Å². The second-order valence-electron chi connectivity index (χ2n) is 3.48. The van der Waals surface area contributed by atoms with Crippen molar-refractivity contribution in [2.75, 3.05) is 13.2 Å². The number of unbranched alkanes of at least 4 members (excludes halogenated alkanes) is 2. The van der Waals surface area contributed by atoms with Gasteiger partial charge in [0.05, 0.1) is 13.2 Å². The van der Waals surface area contributed by atoms with E-state index in [1.54, 1.807) is 0 Å². The molecule has 1 aliphatic rings. The molecule has 0 saturated carbocycles. The summed E-state index contributed by atoms with van der Waals surface area (Å²) in [5.41, 5.74) is 0. The molecule has 0 amide bonds. The van der Waals surface area contributed by atoms with Crippen LogP contribution in [0.25, 0.3) is 0 Å². The van der Waals surface area contributed by atoms with Crippen molar-refractivity contribution in [3.63, 3.8) is 0 Å². The van der Waals surface area contributed by atoms with Gasteiger partial charge in [0.15, 0.2) is 0 Å². The summed E-state index contributed by atoms with van der Waals surface area (Å²) in [5.74, 6) is 2.35. The molecule has 0 aromatic carbocycles. The minimum Gasteiger partial charge on any atom is -0.340 e. The van der Waals surface area contributed by atoms with Crippen LogP contribution in [0.1, 0.15) is 39.0 Å². The summed E-state index contributed by atoms with van der Waals surface area (Å²) >= 11 is 3.11. The Hall–Kier alpha value is -0.0400. The summed E-state index contributed by atoms with van der Waals surface area (Å²) in [6, 6.07) is 0. The fourth-order valence-corrected chi connectivity index (χ4v) is 1.84. The third kappa shape index (κ3) is 3.61. The first-order chi connectivity index (χ1) is 6.83. The van der Waals surface area contributed by atoms with E-state index in [4.69, 9.17) is 9.47 Å². The van der Waals surface area contributed by atoms with E-state index in [2.05, 4.69) is 33.6 Å². The minimum absolute atomic E-state index is 0.628. The maximum Gasteiger partial charge on any atom is 0.234 e. The van der Waals surface area contributed by atoms with Crippen molar-refractivity contribution in [2.45, 2.75) is 44.8 Å². The van der Waals surface area contributed by atoms with Crippen molar-refractivity contribution >= 4 is 15.9 Å². The molecule has 1 saturated heterocycles. The number of halogens is 1. The molecule has 1 fully saturated rings. The number of hydrogen-bond acceptors (Lipinski definition) is 2. The van der Waals surface area contributed by atoms with Crippen LogP contribution < -0.4 is 0 Å². The molecule has 2 nitrogen and oxygen atoms in total. The normalized spacial score (nSPS) is 19.9. The Bertz CT molecular complexity index is 211. The topological polar surface area (TPSA) is 18.5 Å². The van der Waals surface area contributed by atoms with E-state index in [9.17, 15) is 0 Å². The summed E-state index contributed by atoms with van der Waals surface area (Å²) in [4.78, 5) is 2.72. The van der Waals surface area contributed by atoms with Gasteiger partial charge in [-0.25, -0.2) is 0 Å². The summed E-state index contributed by atoms with van der Waals surface area (Å²) < 4.78 is 11.3. The van der Waals surface area contributed by atoms with Gasteiger partial charge in [0.25, 0.3) is 0 Å². The van der Waals surface area contributed by atoms with E-state index in [0.717, 1.165) is 32.5 Å². The molecule has 0 N–H and O–H groups in total. The van der Waals surface area contributed by atoms with Crippen molar-refractivity contribution in [3.05, 3.63) is 0 Å². The molecular weight excluding hydrogens is 244 g/mol. The van der Waals surface area contributed by atoms with Crippen LogP contribution in [0.15, 0.2) is 0 Å². The maximum absolute atomic E-state index is 5.63. The fourth-order valence-electron chi connectivity index (χ4n) is 1.53. The second kappa shape index (κ2) is 6.44. The summed E-state index contributed by atoms with van der Waals surface area (Å²) in [5, 5.41) is 0. The molecule has 0 unspecified atom stereocenters. The van der Waals surface area contributed by atoms with Crippen LogP contribution in [-0.4, -0.2) is 19.0 Å². The van der Waals surface area contributed by atoms with Crippen molar-refractivity contribution in [2.24, 2.45) is 0 Å². The van der Waals surface area contributed by atoms with E-state index < -0.39 is 5.79 Å². The van der Waals surface area contributed by atoms with Crippen LogP contribution in [0.5, 0.6) is 0 Å². The van der Waals surface area contributed by atoms with Gasteiger partial charge in [-0.1, -0.05) is 19.8 Å². The standard InChI is InChI=1S/C11H17BrO2/c1-2-3-4-6-11(7-8-12)13-9-5-10-14-11/h2-6,9-10H2,1H3. The zero-order valence-electron chi connectivity index (χ0n) is 8.64. The Morgan fingerprint density at radius 3 is 2.57 bits per heavy atom. The van der Waals surface area contributed by atoms with Gasteiger partial charge in [-0.15, -0.1) is 0 Å². The smallest absolute Gasteiger partial charge is 0.234 e. The highest BCUT2D eigenvalue weighted by Gasteiger charge is 2.31. The molecule has 0 radical (unpaired) electrons. The molecule has 80 valence electrons. The molecule has 0 atom stereocenters. The average molecular weight is 261 g/mol. The molecule has 0 spiro atoms. The highest BCUT2D eigenvalue weighted by Crippen LogP contribution is 2.24. The number of ether oxygens (including phenoxy) is 2. The predicted molar refractivity (Wildman–Crippen MR) is 60.1 cm³/mol. The number of hydrogen-bond donors (Lipinski definition) is 0. The molecule has 0 bridgehead atoms. The van der Waals surface area contributed by atoms with E-state index in [0.29, 0.717) is 0 Å². The zero-order valence-corrected chi connectivity index (χ0v) is 10.2. The molecule has 3 heteroatoms. The zero-order chi connectivity index (χ0) is 10.3. The van der Waals surface area contributed by atoms with Crippen LogP contribution in [0.2, 0.25) is 0 Å². The van der Waals surface area contributed by atoms with Crippen LogP contribution in [0, 0.1) is 10.8 Å². The third-order valence-electron chi connectivity index (χ3n) is 2.31. The molecule has 1 aliphatic heterocycles. The average Bonchev–Trinajstić information content (AvgIpc) is 2.20. The summed E-state index contributed by atoms with van der Waals surface area (Å²) in [6.45, 7) is 3.70. The lowest BCUT2D eigenvalue weighted by molar-refractivity contribution is -0.233. The first kappa shape index (κ1) is 12.0. The Morgan fingerprint density at radius 1 is 1.29 bits per heavy atom. The van der Waals surface area contributed by atoms with Gasteiger partial charge >= 0.3 is 0 Å². The highest BCUT2D eigenvalue weighted by molar-refractivity contribution is 9.12. The first-order valence-corrected chi connectivity index (χ1v) is 6.03. The van der Waals surface area contributed by atoms with Gasteiger partial charge in [-0.3, -0.25) is 0 Å². The van der Waals surface area contributed by atoms with Crippen molar-refractivity contribution < 1.29 is 9.47 Å². The SMILES string of the molecule is CCCCCC1(C#CBr)OCCCO1. The molecular formula is C11H17BrO2. The van der Waals surface area contributed by atoms with Gasteiger partial charge in [-0.05, 0) is 23.6 Å². The van der Waals surface area contributed by atoms with E-state index >= 15 is 0 Å². The van der Waals surface area contributed by atoms with Crippen molar-refractivity contribution in [3.8, 4) is 10.8 Å². The summed E-state index contributed by atoms with van der Waals surface area (Å²) in [7, 11) is 0. The molecule has 1 rings (SSSR count). The molecule has 0 aromatic heterocycles. The Labute approximate surface area is 94.5 Å². The molecule has 14 heavy (non-hydrogen) atoms. The molecule has 0 aromatic rings. The third-order valence-corrected chi connectivity index (χ3v) is 2.50. The second-order valence-corrected chi connectivity index (χ2v) is 3.88. The van der Waals surface area contributed by atoms with Crippen LogP contribution in [0.4, 0.5) is 0 Å². The summed E-state index contributed by atoms with van der Waals surface area (Å²) in [6.07, 6.45) is 5.37.